The van der Waals surface area contributed by atoms with E-state index in [-0.39, 0.29) is 5.02 Å². The Balaban J connectivity index is 3.09. The second kappa shape index (κ2) is 3.82. The second-order valence-corrected chi connectivity index (χ2v) is 3.03. The molecule has 0 saturated carbocycles. The lowest BCUT2D eigenvalue weighted by atomic mass is 10.3. The van der Waals surface area contributed by atoms with Gasteiger partial charge < -0.3 is 4.74 Å². The van der Waals surface area contributed by atoms with E-state index in [9.17, 15) is 17.6 Å². The van der Waals surface area contributed by atoms with Crippen LogP contribution >= 0.6 is 23.2 Å². The zero-order chi connectivity index (χ0) is 10.9. The van der Waals surface area contributed by atoms with Gasteiger partial charge in [0.1, 0.15) is 10.8 Å². The molecule has 0 atom stereocenters. The summed E-state index contributed by atoms with van der Waals surface area (Å²) in [4.78, 5) is 0. The molecule has 0 aliphatic rings. The average molecular weight is 249 g/mol. The Morgan fingerprint density at radius 3 is 2.21 bits per heavy atom. The molecule has 1 nitrogen and oxygen atoms in total. The van der Waals surface area contributed by atoms with Crippen LogP contribution in [-0.2, 0) is 0 Å². The predicted molar refractivity (Wildman–Crippen MR) is 43.1 cm³/mol. The van der Waals surface area contributed by atoms with Crippen LogP contribution in [0.4, 0.5) is 17.6 Å². The number of alkyl halides is 3. The lowest BCUT2D eigenvalue weighted by Crippen LogP contribution is -2.17. The molecule has 0 aromatic heterocycles. The van der Waals surface area contributed by atoms with E-state index in [2.05, 4.69) is 4.74 Å². The summed E-state index contributed by atoms with van der Waals surface area (Å²) < 4.78 is 51.2. The van der Waals surface area contributed by atoms with Crippen LogP contribution in [0.25, 0.3) is 0 Å². The molecule has 1 aromatic carbocycles. The number of benzene rings is 1. The molecule has 0 amide bonds. The number of halogens is 6. The van der Waals surface area contributed by atoms with Gasteiger partial charge >= 0.3 is 6.36 Å². The molecule has 0 radical (unpaired) electrons. The zero-order valence-electron chi connectivity index (χ0n) is 6.33. The van der Waals surface area contributed by atoms with Crippen LogP contribution in [-0.4, -0.2) is 6.36 Å². The fourth-order valence-electron chi connectivity index (χ4n) is 0.731. The third-order valence-electron chi connectivity index (χ3n) is 1.19. The van der Waals surface area contributed by atoms with E-state index < -0.39 is 23.0 Å². The number of ether oxygens (including phenoxy) is 1. The Bertz CT molecular complexity index is 350. The molecular weight excluding hydrogens is 247 g/mol. The van der Waals surface area contributed by atoms with Crippen LogP contribution in [0.1, 0.15) is 0 Å². The normalized spacial score (nSPS) is 11.6. The maximum absolute atomic E-state index is 12.6. The molecule has 0 heterocycles. The van der Waals surface area contributed by atoms with Crippen molar-refractivity contribution >= 4 is 23.2 Å². The van der Waals surface area contributed by atoms with Gasteiger partial charge in [-0.1, -0.05) is 23.2 Å². The van der Waals surface area contributed by atoms with Gasteiger partial charge in [-0.05, 0) is 6.07 Å². The quantitative estimate of drug-likeness (QED) is 0.539. The van der Waals surface area contributed by atoms with Gasteiger partial charge in [0.2, 0.25) is 0 Å². The Labute approximate surface area is 86.2 Å². The van der Waals surface area contributed by atoms with Gasteiger partial charge in [-0.3, -0.25) is 0 Å². The van der Waals surface area contributed by atoms with Crippen molar-refractivity contribution in [2.45, 2.75) is 6.36 Å². The number of hydrogen-bond donors (Lipinski definition) is 0. The van der Waals surface area contributed by atoms with E-state index in [1.807, 2.05) is 0 Å². The molecule has 78 valence electrons. The van der Waals surface area contributed by atoms with Crippen molar-refractivity contribution in [3.05, 3.63) is 28.0 Å². The van der Waals surface area contributed by atoms with Crippen LogP contribution < -0.4 is 4.74 Å². The van der Waals surface area contributed by atoms with E-state index in [0.29, 0.717) is 6.07 Å². The minimum Gasteiger partial charge on any atom is -0.404 e. The molecule has 0 aliphatic carbocycles. The minimum atomic E-state index is -4.93. The van der Waals surface area contributed by atoms with Crippen LogP contribution in [0.15, 0.2) is 12.1 Å². The van der Waals surface area contributed by atoms with Gasteiger partial charge in [0, 0.05) is 6.07 Å². The fourth-order valence-corrected chi connectivity index (χ4v) is 1.08. The topological polar surface area (TPSA) is 9.23 Å². The summed E-state index contributed by atoms with van der Waals surface area (Å²) in [6, 6.07) is 1.29. The fraction of sp³-hybridized carbons (Fsp3) is 0.143. The van der Waals surface area contributed by atoms with Crippen molar-refractivity contribution in [3.63, 3.8) is 0 Å². The van der Waals surface area contributed by atoms with Crippen molar-refractivity contribution in [1.29, 1.82) is 0 Å². The van der Waals surface area contributed by atoms with Gasteiger partial charge in [-0.25, -0.2) is 4.39 Å². The highest BCUT2D eigenvalue weighted by atomic mass is 35.5. The highest BCUT2D eigenvalue weighted by Crippen LogP contribution is 2.35. The Morgan fingerprint density at radius 1 is 1.14 bits per heavy atom. The van der Waals surface area contributed by atoms with E-state index >= 15 is 0 Å². The summed E-state index contributed by atoms with van der Waals surface area (Å²) in [7, 11) is 0. The van der Waals surface area contributed by atoms with Crippen molar-refractivity contribution in [2.75, 3.05) is 0 Å². The van der Waals surface area contributed by atoms with E-state index in [1.54, 1.807) is 0 Å². The van der Waals surface area contributed by atoms with Crippen LogP contribution in [0.5, 0.6) is 5.75 Å². The van der Waals surface area contributed by atoms with Crippen molar-refractivity contribution in [1.82, 2.24) is 0 Å². The van der Waals surface area contributed by atoms with Crippen LogP contribution in [0.3, 0.4) is 0 Å². The lowest BCUT2D eigenvalue weighted by molar-refractivity contribution is -0.274. The molecule has 0 bridgehead atoms. The van der Waals surface area contributed by atoms with Gasteiger partial charge in [0.25, 0.3) is 0 Å². The highest BCUT2D eigenvalue weighted by Gasteiger charge is 2.32. The molecule has 1 aromatic rings. The van der Waals surface area contributed by atoms with Gasteiger partial charge in [-0.15, -0.1) is 13.2 Å². The highest BCUT2D eigenvalue weighted by molar-refractivity contribution is 6.42. The molecule has 0 N–H and O–H groups in total. The van der Waals surface area contributed by atoms with E-state index in [0.717, 1.165) is 6.07 Å². The molecule has 7 heteroatoms. The van der Waals surface area contributed by atoms with Crippen LogP contribution in [0.2, 0.25) is 10.0 Å². The average Bonchev–Trinajstić information content (AvgIpc) is 1.96. The summed E-state index contributed by atoms with van der Waals surface area (Å²) in [5.74, 6) is -1.82. The maximum Gasteiger partial charge on any atom is 0.573 e. The van der Waals surface area contributed by atoms with E-state index in [1.165, 1.54) is 0 Å². The third-order valence-corrected chi connectivity index (χ3v) is 1.97. The molecule has 0 aliphatic heterocycles. The number of hydrogen-bond acceptors (Lipinski definition) is 1. The minimum absolute atomic E-state index is 0.342. The van der Waals surface area contributed by atoms with Gasteiger partial charge in [0.05, 0.1) is 5.02 Å². The number of rotatable bonds is 1. The van der Waals surface area contributed by atoms with Crippen molar-refractivity contribution in [2.24, 2.45) is 0 Å². The lowest BCUT2D eigenvalue weighted by Gasteiger charge is -2.10. The molecule has 0 saturated heterocycles. The monoisotopic (exact) mass is 248 g/mol. The molecule has 14 heavy (non-hydrogen) atoms. The van der Waals surface area contributed by atoms with Crippen LogP contribution in [0, 0.1) is 5.82 Å². The molecule has 1 rings (SSSR count). The Kier molecular flexibility index (Phi) is 3.11. The summed E-state index contributed by atoms with van der Waals surface area (Å²) >= 11 is 10.7. The summed E-state index contributed by atoms with van der Waals surface area (Å²) in [6.07, 6.45) is -4.93. The first-order valence-electron chi connectivity index (χ1n) is 3.20. The third kappa shape index (κ3) is 2.92. The predicted octanol–water partition coefficient (Wildman–Crippen LogP) is 4.03. The second-order valence-electron chi connectivity index (χ2n) is 2.25. The first-order chi connectivity index (χ1) is 6.29. The van der Waals surface area contributed by atoms with Crippen molar-refractivity contribution < 1.29 is 22.3 Å². The Hall–Kier alpha value is -0.680. The van der Waals surface area contributed by atoms with E-state index in [4.69, 9.17) is 23.2 Å². The largest absolute Gasteiger partial charge is 0.573 e. The zero-order valence-corrected chi connectivity index (χ0v) is 7.84. The smallest absolute Gasteiger partial charge is 0.404 e. The standard InChI is InChI=1S/C7H2Cl2F4O/c8-4-1-3(10)2-5(6(4)9)14-7(11,12)13/h1-2H. The molecule has 0 spiro atoms. The Morgan fingerprint density at radius 2 is 1.71 bits per heavy atom. The first kappa shape index (κ1) is 11.4. The van der Waals surface area contributed by atoms with Gasteiger partial charge in [-0.2, -0.15) is 0 Å². The molecular formula is C7H2Cl2F4O. The summed E-state index contributed by atoms with van der Waals surface area (Å²) in [5.41, 5.74) is 0. The summed E-state index contributed by atoms with van der Waals surface area (Å²) in [6.45, 7) is 0. The SMILES string of the molecule is Fc1cc(Cl)c(Cl)c(OC(F)(F)F)c1. The van der Waals surface area contributed by atoms with Crippen molar-refractivity contribution in [3.8, 4) is 5.75 Å². The maximum atomic E-state index is 12.6. The molecule has 0 unspecified atom stereocenters. The molecule has 0 fully saturated rings. The summed E-state index contributed by atoms with van der Waals surface area (Å²) in [5, 5.41) is -0.823. The first-order valence-corrected chi connectivity index (χ1v) is 3.95. The van der Waals surface area contributed by atoms with Gasteiger partial charge in [0.15, 0.2) is 5.75 Å².